The summed E-state index contributed by atoms with van der Waals surface area (Å²) in [6.07, 6.45) is -1.14. The van der Waals surface area contributed by atoms with Gasteiger partial charge in [-0.15, -0.1) is 0 Å². The van der Waals surface area contributed by atoms with E-state index in [0.29, 0.717) is 0 Å². The van der Waals surface area contributed by atoms with Crippen molar-refractivity contribution in [2.24, 2.45) is 0 Å². The molecule has 0 aliphatic heterocycles. The van der Waals surface area contributed by atoms with Crippen LogP contribution in [0.25, 0.3) is 0 Å². The third kappa shape index (κ3) is 8.30. The molecular formula is C19H27N3O9. The molecule has 0 radical (unpaired) electrons. The number of hydrogen-bond acceptors (Lipinski definition) is 9. The summed E-state index contributed by atoms with van der Waals surface area (Å²) in [5, 5.41) is 43.7. The highest BCUT2D eigenvalue weighted by Gasteiger charge is 2.20. The number of anilines is 1. The van der Waals surface area contributed by atoms with Gasteiger partial charge in [-0.25, -0.2) is 0 Å². The number of amides is 3. The maximum atomic E-state index is 12.5. The van der Waals surface area contributed by atoms with Crippen molar-refractivity contribution in [1.82, 2.24) is 10.6 Å². The minimum Gasteiger partial charge on any atom is -0.453 e. The van der Waals surface area contributed by atoms with Crippen LogP contribution in [0.1, 0.15) is 34.6 Å². The zero-order valence-electron chi connectivity index (χ0n) is 17.1. The molecule has 0 aliphatic carbocycles. The highest BCUT2D eigenvalue weighted by Crippen LogP contribution is 2.17. The maximum Gasteiger partial charge on any atom is 0.303 e. The Kier molecular flexibility index (Phi) is 10.6. The summed E-state index contributed by atoms with van der Waals surface area (Å²) < 4.78 is 4.78. The normalized spacial score (nSPS) is 11.7. The van der Waals surface area contributed by atoms with Crippen LogP contribution in [0.3, 0.4) is 0 Å². The first kappa shape index (κ1) is 26.0. The Bertz CT molecular complexity index is 748. The average molecular weight is 441 g/mol. The van der Waals surface area contributed by atoms with Crippen LogP contribution in [-0.2, 0) is 14.3 Å². The van der Waals surface area contributed by atoms with Gasteiger partial charge in [0.2, 0.25) is 0 Å². The number of aliphatic hydroxyl groups is 4. The molecule has 0 heterocycles. The molecule has 31 heavy (non-hydrogen) atoms. The van der Waals surface area contributed by atoms with Gasteiger partial charge in [-0.05, 0) is 25.1 Å². The summed E-state index contributed by atoms with van der Waals surface area (Å²) in [5.41, 5.74) is -0.144. The van der Waals surface area contributed by atoms with Crippen molar-refractivity contribution in [2.45, 2.75) is 32.0 Å². The molecule has 0 saturated heterocycles. The predicted octanol–water partition coefficient (Wildman–Crippen LogP) is -2.26. The molecular weight excluding hydrogens is 414 g/mol. The van der Waals surface area contributed by atoms with Crippen molar-refractivity contribution in [3.05, 3.63) is 29.3 Å². The summed E-state index contributed by atoms with van der Waals surface area (Å²) in [6, 6.07) is 1.78. The topological polar surface area (TPSA) is 195 Å². The van der Waals surface area contributed by atoms with E-state index in [-0.39, 0.29) is 16.8 Å². The molecule has 0 spiro atoms. The third-order valence-corrected chi connectivity index (χ3v) is 3.99. The lowest BCUT2D eigenvalue weighted by Crippen LogP contribution is -2.41. The van der Waals surface area contributed by atoms with Crippen LogP contribution < -0.4 is 16.0 Å². The second kappa shape index (κ2) is 12.6. The molecule has 12 nitrogen and oxygen atoms in total. The number of rotatable bonds is 11. The minimum atomic E-state index is -1.14. The van der Waals surface area contributed by atoms with Gasteiger partial charge in [0.25, 0.3) is 17.7 Å². The quantitative estimate of drug-likeness (QED) is 0.186. The number of esters is 1. The molecule has 0 aromatic heterocycles. The molecule has 1 aromatic carbocycles. The zero-order chi connectivity index (χ0) is 23.6. The van der Waals surface area contributed by atoms with Crippen molar-refractivity contribution in [3.8, 4) is 0 Å². The summed E-state index contributed by atoms with van der Waals surface area (Å²) in [5.74, 6) is -2.88. The van der Waals surface area contributed by atoms with Gasteiger partial charge >= 0.3 is 5.97 Å². The Balaban J connectivity index is 3.23. The number of carbonyl (C=O) groups is 4. The van der Waals surface area contributed by atoms with Crippen LogP contribution >= 0.6 is 0 Å². The monoisotopic (exact) mass is 441 g/mol. The fourth-order valence-electron chi connectivity index (χ4n) is 2.34. The van der Waals surface area contributed by atoms with E-state index in [2.05, 4.69) is 16.0 Å². The minimum absolute atomic E-state index is 0.0240. The summed E-state index contributed by atoms with van der Waals surface area (Å²) in [7, 11) is 0. The van der Waals surface area contributed by atoms with E-state index in [1.165, 1.54) is 25.1 Å². The fraction of sp³-hybridized carbons (Fsp3) is 0.474. The molecule has 0 fully saturated rings. The summed E-state index contributed by atoms with van der Waals surface area (Å²) >= 11 is 0. The van der Waals surface area contributed by atoms with Gasteiger partial charge in [-0.1, -0.05) is 0 Å². The number of carbonyl (C=O) groups excluding carboxylic acids is 4. The number of ether oxygens (including phenoxy) is 1. The smallest absolute Gasteiger partial charge is 0.303 e. The maximum absolute atomic E-state index is 12.5. The molecule has 0 saturated carbocycles. The molecule has 1 atom stereocenters. The lowest BCUT2D eigenvalue weighted by Gasteiger charge is -2.17. The van der Waals surface area contributed by atoms with Gasteiger partial charge in [0.15, 0.2) is 6.10 Å². The lowest BCUT2D eigenvalue weighted by atomic mass is 10.1. The highest BCUT2D eigenvalue weighted by molar-refractivity contribution is 6.03. The van der Waals surface area contributed by atoms with Gasteiger partial charge < -0.3 is 41.1 Å². The molecule has 1 aromatic rings. The second-order valence-corrected chi connectivity index (χ2v) is 6.61. The van der Waals surface area contributed by atoms with Gasteiger partial charge in [0.1, 0.15) is 0 Å². The van der Waals surface area contributed by atoms with E-state index in [9.17, 15) is 19.2 Å². The van der Waals surface area contributed by atoms with Crippen molar-refractivity contribution in [1.29, 1.82) is 0 Å². The van der Waals surface area contributed by atoms with Crippen LogP contribution in [0.5, 0.6) is 0 Å². The predicted molar refractivity (Wildman–Crippen MR) is 107 cm³/mol. The van der Waals surface area contributed by atoms with Crippen molar-refractivity contribution >= 4 is 29.4 Å². The Hall–Kier alpha value is -3.06. The van der Waals surface area contributed by atoms with Crippen LogP contribution in [0, 0.1) is 0 Å². The van der Waals surface area contributed by atoms with E-state index in [1.807, 2.05) is 0 Å². The molecule has 3 amide bonds. The summed E-state index contributed by atoms with van der Waals surface area (Å²) in [6.45, 7) is 0.359. The van der Waals surface area contributed by atoms with Crippen molar-refractivity contribution < 1.29 is 44.3 Å². The SMILES string of the molecule is CC(=O)O[C@@H](C)C(=O)Nc1cc(C(=O)NC(CO)CO)cc(C(=O)NC(CO)CO)c1. The first-order valence-corrected chi connectivity index (χ1v) is 9.33. The molecule has 172 valence electrons. The van der Waals surface area contributed by atoms with Crippen molar-refractivity contribution in [2.75, 3.05) is 31.7 Å². The zero-order valence-corrected chi connectivity index (χ0v) is 17.1. The van der Waals surface area contributed by atoms with Crippen molar-refractivity contribution in [3.63, 3.8) is 0 Å². The average Bonchev–Trinajstić information content (AvgIpc) is 2.74. The Morgan fingerprint density at radius 2 is 1.26 bits per heavy atom. The molecule has 7 N–H and O–H groups in total. The van der Waals surface area contributed by atoms with Gasteiger partial charge in [0, 0.05) is 23.7 Å². The fourth-order valence-corrected chi connectivity index (χ4v) is 2.34. The Labute approximate surface area is 178 Å². The van der Waals surface area contributed by atoms with Crippen LogP contribution in [-0.4, -0.2) is 88.7 Å². The number of benzene rings is 1. The Morgan fingerprint density at radius 1 is 0.839 bits per heavy atom. The number of nitrogens with one attached hydrogen (secondary N) is 3. The largest absolute Gasteiger partial charge is 0.453 e. The van der Waals surface area contributed by atoms with E-state index in [0.717, 1.165) is 6.92 Å². The standard InChI is InChI=1S/C19H27N3O9/c1-10(31-11(2)27)17(28)20-14-4-12(18(29)21-15(6-23)7-24)3-13(5-14)19(30)22-16(8-25)9-26/h3-5,10,15-16,23-26H,6-9H2,1-2H3,(H,20,28)(H,21,29)(H,22,30)/t10-/m0/s1. The van der Waals surface area contributed by atoms with E-state index >= 15 is 0 Å². The first-order valence-electron chi connectivity index (χ1n) is 9.33. The van der Waals surface area contributed by atoms with Crippen LogP contribution in [0.4, 0.5) is 5.69 Å². The van der Waals surface area contributed by atoms with Gasteiger partial charge in [-0.2, -0.15) is 0 Å². The lowest BCUT2D eigenvalue weighted by molar-refractivity contribution is -0.150. The van der Waals surface area contributed by atoms with Crippen LogP contribution in [0.2, 0.25) is 0 Å². The van der Waals surface area contributed by atoms with Gasteiger partial charge in [0.05, 0.1) is 38.5 Å². The first-order chi connectivity index (χ1) is 14.6. The van der Waals surface area contributed by atoms with E-state index < -0.39 is 68.3 Å². The second-order valence-electron chi connectivity index (χ2n) is 6.61. The number of aliphatic hydroxyl groups excluding tert-OH is 4. The molecule has 1 rings (SSSR count). The molecule has 0 aliphatic rings. The Morgan fingerprint density at radius 3 is 1.61 bits per heavy atom. The molecule has 0 bridgehead atoms. The van der Waals surface area contributed by atoms with E-state index in [1.54, 1.807) is 0 Å². The summed E-state index contributed by atoms with van der Waals surface area (Å²) in [4.78, 5) is 48.2. The molecule has 0 unspecified atom stereocenters. The van der Waals surface area contributed by atoms with E-state index in [4.69, 9.17) is 25.2 Å². The van der Waals surface area contributed by atoms with Crippen LogP contribution in [0.15, 0.2) is 18.2 Å². The highest BCUT2D eigenvalue weighted by atomic mass is 16.5. The molecule has 12 heteroatoms. The van der Waals surface area contributed by atoms with Gasteiger partial charge in [-0.3, -0.25) is 19.2 Å². The third-order valence-electron chi connectivity index (χ3n) is 3.99. The number of hydrogen-bond donors (Lipinski definition) is 7.